The number of carbonyl (C=O) groups excluding carboxylic acids is 1. The van der Waals surface area contributed by atoms with Crippen molar-refractivity contribution in [3.05, 3.63) is 29.3 Å². The van der Waals surface area contributed by atoms with Gasteiger partial charge in [-0.1, -0.05) is 12.8 Å². The molecule has 25 heavy (non-hydrogen) atoms. The van der Waals surface area contributed by atoms with Crippen LogP contribution in [-0.4, -0.2) is 18.2 Å². The van der Waals surface area contributed by atoms with Gasteiger partial charge in [0.1, 0.15) is 11.9 Å². The average molecular weight is 353 g/mol. The molecule has 0 amide bonds. The van der Waals surface area contributed by atoms with Gasteiger partial charge in [0, 0.05) is 0 Å². The highest BCUT2D eigenvalue weighted by Crippen LogP contribution is 2.36. The second-order valence-electron chi connectivity index (χ2n) is 6.52. The van der Waals surface area contributed by atoms with E-state index in [0.717, 1.165) is 37.8 Å². The van der Waals surface area contributed by atoms with Crippen LogP contribution in [0.4, 0.5) is 13.2 Å². The van der Waals surface area contributed by atoms with Gasteiger partial charge < -0.3 is 9.47 Å². The van der Waals surface area contributed by atoms with E-state index in [1.165, 1.54) is 12.1 Å². The quantitative estimate of drug-likeness (QED) is 0.764. The minimum absolute atomic E-state index is 0.0902. The number of cyclic esters (lactones) is 1. The van der Waals surface area contributed by atoms with Crippen molar-refractivity contribution in [1.29, 1.82) is 5.26 Å². The highest BCUT2D eigenvalue weighted by atomic mass is 19.4. The number of esters is 1. The molecule has 0 radical (unpaired) electrons. The summed E-state index contributed by atoms with van der Waals surface area (Å²) in [6.07, 6.45) is -0.222. The molecule has 134 valence electrons. The molecular weight excluding hydrogens is 335 g/mol. The summed E-state index contributed by atoms with van der Waals surface area (Å²) in [4.78, 5) is 12.1. The van der Waals surface area contributed by atoms with Gasteiger partial charge in [-0.2, -0.15) is 18.4 Å². The van der Waals surface area contributed by atoms with Crippen molar-refractivity contribution in [2.75, 3.05) is 0 Å². The largest absolute Gasteiger partial charge is 0.479 e. The van der Waals surface area contributed by atoms with Gasteiger partial charge in [-0.15, -0.1) is 0 Å². The molecule has 2 aliphatic rings. The van der Waals surface area contributed by atoms with Crippen LogP contribution in [0.5, 0.6) is 5.75 Å². The number of carbonyl (C=O) groups is 1. The van der Waals surface area contributed by atoms with Crippen LogP contribution in [0.2, 0.25) is 0 Å². The average Bonchev–Trinajstić information content (AvgIpc) is 3.10. The molecule has 2 fully saturated rings. The number of rotatable bonds is 3. The Bertz CT molecular complexity index is 690. The Labute approximate surface area is 143 Å². The minimum atomic E-state index is -4.66. The van der Waals surface area contributed by atoms with Crippen LogP contribution in [0.25, 0.3) is 0 Å². The molecule has 1 aromatic rings. The fourth-order valence-corrected chi connectivity index (χ4v) is 3.58. The van der Waals surface area contributed by atoms with Gasteiger partial charge in [0.2, 0.25) is 0 Å². The molecule has 1 heterocycles. The molecule has 1 aliphatic carbocycles. The molecule has 1 saturated carbocycles. The third-order valence-corrected chi connectivity index (χ3v) is 4.86. The fraction of sp³-hybridized carbons (Fsp3) is 0.556. The maximum atomic E-state index is 13.0. The van der Waals surface area contributed by atoms with Crippen molar-refractivity contribution in [2.24, 2.45) is 5.92 Å². The van der Waals surface area contributed by atoms with Crippen molar-refractivity contribution in [3.8, 4) is 11.8 Å². The second-order valence-corrected chi connectivity index (χ2v) is 6.52. The first kappa shape index (κ1) is 17.6. The maximum Gasteiger partial charge on any atom is 0.417 e. The number of alkyl halides is 3. The van der Waals surface area contributed by atoms with E-state index in [-0.39, 0.29) is 11.9 Å². The van der Waals surface area contributed by atoms with Crippen LogP contribution < -0.4 is 4.74 Å². The molecule has 2 unspecified atom stereocenters. The van der Waals surface area contributed by atoms with Crippen LogP contribution >= 0.6 is 0 Å². The Balaban J connectivity index is 1.69. The van der Waals surface area contributed by atoms with Gasteiger partial charge in [-0.3, -0.25) is 0 Å². The van der Waals surface area contributed by atoms with Crippen molar-refractivity contribution < 1.29 is 27.4 Å². The van der Waals surface area contributed by atoms with Crippen molar-refractivity contribution in [2.45, 2.75) is 56.9 Å². The lowest BCUT2D eigenvalue weighted by Crippen LogP contribution is -2.40. The molecule has 1 aliphatic heterocycles. The number of hydrogen-bond donors (Lipinski definition) is 0. The van der Waals surface area contributed by atoms with Crippen LogP contribution in [0, 0.1) is 17.2 Å². The van der Waals surface area contributed by atoms with Gasteiger partial charge in [0.25, 0.3) is 0 Å². The Morgan fingerprint density at radius 2 is 1.88 bits per heavy atom. The van der Waals surface area contributed by atoms with Gasteiger partial charge >= 0.3 is 12.1 Å². The number of benzene rings is 1. The molecule has 0 N–H and O–H groups in total. The summed E-state index contributed by atoms with van der Waals surface area (Å²) in [7, 11) is 0. The monoisotopic (exact) mass is 353 g/mol. The van der Waals surface area contributed by atoms with E-state index in [2.05, 4.69) is 0 Å². The zero-order valence-electron chi connectivity index (χ0n) is 13.5. The number of halogens is 3. The lowest BCUT2D eigenvalue weighted by Gasteiger charge is -2.31. The summed E-state index contributed by atoms with van der Waals surface area (Å²) in [5.41, 5.74) is -1.55. The predicted molar refractivity (Wildman–Crippen MR) is 81.6 cm³/mol. The number of ether oxygens (including phenoxy) is 2. The molecule has 0 bridgehead atoms. The topological polar surface area (TPSA) is 59.3 Å². The Hall–Kier alpha value is -2.23. The summed E-state index contributed by atoms with van der Waals surface area (Å²) in [5.74, 6) is -0.231. The first-order valence-electron chi connectivity index (χ1n) is 8.37. The van der Waals surface area contributed by atoms with E-state index in [9.17, 15) is 18.0 Å². The highest BCUT2D eigenvalue weighted by Gasteiger charge is 2.38. The first-order valence-corrected chi connectivity index (χ1v) is 8.37. The van der Waals surface area contributed by atoms with E-state index in [1.807, 2.05) is 0 Å². The van der Waals surface area contributed by atoms with E-state index in [1.54, 1.807) is 0 Å². The Morgan fingerprint density at radius 3 is 2.48 bits per heavy atom. The molecule has 2 atom stereocenters. The van der Waals surface area contributed by atoms with Crippen molar-refractivity contribution in [1.82, 2.24) is 0 Å². The molecule has 7 heteroatoms. The Morgan fingerprint density at radius 1 is 1.16 bits per heavy atom. The van der Waals surface area contributed by atoms with E-state index < -0.39 is 29.4 Å². The molecule has 1 aromatic carbocycles. The molecular formula is C18H18F3NO3. The van der Waals surface area contributed by atoms with Crippen molar-refractivity contribution in [3.63, 3.8) is 0 Å². The second kappa shape index (κ2) is 6.95. The summed E-state index contributed by atoms with van der Waals surface area (Å²) in [6.45, 7) is 0. The summed E-state index contributed by atoms with van der Waals surface area (Å²) < 4.78 is 49.9. The normalized spacial score (nSPS) is 24.6. The molecule has 1 saturated heterocycles. The van der Waals surface area contributed by atoms with E-state index in [4.69, 9.17) is 14.7 Å². The Kier molecular flexibility index (Phi) is 4.89. The SMILES string of the molecule is N#Cc1ccc(OC2CCC(C3CCCC3)OC2=O)cc1C(F)(F)F. The van der Waals surface area contributed by atoms with Gasteiger partial charge in [-0.05, 0) is 49.8 Å². The summed E-state index contributed by atoms with van der Waals surface area (Å²) in [6, 6.07) is 4.59. The highest BCUT2D eigenvalue weighted by molar-refractivity contribution is 5.76. The number of hydrogen-bond acceptors (Lipinski definition) is 4. The van der Waals surface area contributed by atoms with Crippen LogP contribution in [-0.2, 0) is 15.7 Å². The van der Waals surface area contributed by atoms with E-state index >= 15 is 0 Å². The first-order chi connectivity index (χ1) is 11.9. The minimum Gasteiger partial charge on any atom is -0.479 e. The number of nitriles is 1. The van der Waals surface area contributed by atoms with Crippen LogP contribution in [0.1, 0.15) is 49.7 Å². The third-order valence-electron chi connectivity index (χ3n) is 4.86. The number of nitrogens with zero attached hydrogens (tertiary/aromatic N) is 1. The third kappa shape index (κ3) is 3.89. The molecule has 0 spiro atoms. The zero-order valence-corrected chi connectivity index (χ0v) is 13.5. The zero-order chi connectivity index (χ0) is 18.0. The van der Waals surface area contributed by atoms with Gasteiger partial charge in [0.15, 0.2) is 6.10 Å². The van der Waals surface area contributed by atoms with Crippen LogP contribution in [0.3, 0.4) is 0 Å². The van der Waals surface area contributed by atoms with Crippen molar-refractivity contribution >= 4 is 5.97 Å². The predicted octanol–water partition coefficient (Wildman–Crippen LogP) is 4.22. The van der Waals surface area contributed by atoms with Gasteiger partial charge in [0.05, 0.1) is 17.2 Å². The maximum absolute atomic E-state index is 13.0. The molecule has 4 nitrogen and oxygen atoms in total. The van der Waals surface area contributed by atoms with Crippen LogP contribution in [0.15, 0.2) is 18.2 Å². The smallest absolute Gasteiger partial charge is 0.417 e. The fourth-order valence-electron chi connectivity index (χ4n) is 3.58. The van der Waals surface area contributed by atoms with Gasteiger partial charge in [-0.25, -0.2) is 4.79 Å². The lowest BCUT2D eigenvalue weighted by molar-refractivity contribution is -0.168. The summed E-state index contributed by atoms with van der Waals surface area (Å²) in [5, 5.41) is 8.80. The molecule has 3 rings (SSSR count). The van der Waals surface area contributed by atoms with E-state index in [0.29, 0.717) is 18.8 Å². The standard InChI is InChI=1S/C18H18F3NO3/c19-18(20,21)14-9-13(6-5-12(14)10-22)24-16-8-7-15(25-17(16)23)11-3-1-2-4-11/h5-6,9,11,15-16H,1-4,7-8H2. The summed E-state index contributed by atoms with van der Waals surface area (Å²) >= 11 is 0. The lowest BCUT2D eigenvalue weighted by atomic mass is 9.93. The molecule has 0 aromatic heterocycles.